The van der Waals surface area contributed by atoms with Gasteiger partial charge in [0.25, 0.3) is 0 Å². The fourth-order valence-corrected chi connectivity index (χ4v) is 2.40. The molecule has 2 aromatic rings. The summed E-state index contributed by atoms with van der Waals surface area (Å²) in [5.41, 5.74) is 2.37. The van der Waals surface area contributed by atoms with Gasteiger partial charge in [-0.2, -0.15) is 0 Å². The van der Waals surface area contributed by atoms with Crippen molar-refractivity contribution in [3.63, 3.8) is 0 Å². The molecule has 0 saturated heterocycles. The lowest BCUT2D eigenvalue weighted by molar-refractivity contribution is 0.199. The number of aryl methyl sites for hydroxylation is 1. The third-order valence-electron chi connectivity index (χ3n) is 2.69. The monoisotopic (exact) mass is 291 g/mol. The number of nitrogens with one attached hydrogen (secondary N) is 2. The second-order valence-corrected chi connectivity index (χ2v) is 5.43. The van der Waals surface area contributed by atoms with E-state index in [0.29, 0.717) is 12.2 Å². The van der Waals surface area contributed by atoms with E-state index in [1.165, 1.54) is 11.3 Å². The first-order valence-corrected chi connectivity index (χ1v) is 7.16. The Balaban J connectivity index is 1.89. The molecule has 1 aromatic heterocycles. The molecule has 1 aromatic carbocycles. The molecule has 5 nitrogen and oxygen atoms in total. The number of urea groups is 1. The van der Waals surface area contributed by atoms with E-state index in [9.17, 15) is 9.90 Å². The van der Waals surface area contributed by atoms with Crippen molar-refractivity contribution in [1.29, 1.82) is 0 Å². The Morgan fingerprint density at radius 3 is 2.95 bits per heavy atom. The Kier molecular flexibility index (Phi) is 4.70. The second-order valence-electron chi connectivity index (χ2n) is 4.49. The van der Waals surface area contributed by atoms with Crippen LogP contribution in [-0.2, 0) is 6.54 Å². The molecule has 106 valence electrons. The number of hydrogen-bond donors (Lipinski definition) is 3. The number of thiazole rings is 1. The third kappa shape index (κ3) is 4.04. The number of aliphatic hydroxyl groups excluding tert-OH is 1. The second kappa shape index (κ2) is 6.49. The van der Waals surface area contributed by atoms with Crippen molar-refractivity contribution in [3.05, 3.63) is 45.9 Å². The lowest BCUT2D eigenvalue weighted by atomic mass is 10.1. The Morgan fingerprint density at radius 2 is 2.30 bits per heavy atom. The predicted molar refractivity (Wildman–Crippen MR) is 79.8 cm³/mol. The maximum Gasteiger partial charge on any atom is 0.319 e. The minimum atomic E-state index is -0.557. The number of benzene rings is 1. The maximum absolute atomic E-state index is 11.8. The van der Waals surface area contributed by atoms with Crippen LogP contribution < -0.4 is 10.6 Å². The van der Waals surface area contributed by atoms with E-state index in [2.05, 4.69) is 15.6 Å². The molecular weight excluding hydrogens is 274 g/mol. The van der Waals surface area contributed by atoms with Gasteiger partial charge in [-0.25, -0.2) is 9.78 Å². The number of rotatable bonds is 4. The minimum absolute atomic E-state index is 0.291. The minimum Gasteiger partial charge on any atom is -0.389 e. The summed E-state index contributed by atoms with van der Waals surface area (Å²) in [5, 5.41) is 17.8. The van der Waals surface area contributed by atoms with E-state index in [-0.39, 0.29) is 6.03 Å². The number of carbonyl (C=O) groups is 1. The number of hydrogen-bond acceptors (Lipinski definition) is 4. The fraction of sp³-hybridized carbons (Fsp3) is 0.286. The van der Waals surface area contributed by atoms with Crippen LogP contribution in [0.4, 0.5) is 10.5 Å². The van der Waals surface area contributed by atoms with E-state index < -0.39 is 6.10 Å². The maximum atomic E-state index is 11.8. The molecule has 1 atom stereocenters. The Bertz CT molecular complexity index is 596. The molecule has 1 heterocycles. The van der Waals surface area contributed by atoms with Gasteiger partial charge in [0.2, 0.25) is 0 Å². The smallest absolute Gasteiger partial charge is 0.319 e. The first-order valence-electron chi connectivity index (χ1n) is 6.28. The summed E-state index contributed by atoms with van der Waals surface area (Å²) in [6.45, 7) is 4.01. The number of anilines is 1. The zero-order chi connectivity index (χ0) is 14.5. The van der Waals surface area contributed by atoms with E-state index in [0.717, 1.165) is 16.3 Å². The van der Waals surface area contributed by atoms with Crippen molar-refractivity contribution >= 4 is 23.1 Å². The number of amides is 2. The Labute approximate surface area is 121 Å². The number of carbonyl (C=O) groups excluding carboxylic acids is 1. The van der Waals surface area contributed by atoms with Gasteiger partial charge in [-0.1, -0.05) is 12.1 Å². The summed E-state index contributed by atoms with van der Waals surface area (Å²) in [5.74, 6) is 0. The van der Waals surface area contributed by atoms with Gasteiger partial charge in [-0.3, -0.25) is 0 Å². The standard InChI is InChI=1S/C14H17N3O2S/c1-9-8-20-13(16-9)7-15-14(19)17-12-5-3-4-11(6-12)10(2)18/h3-6,8,10,18H,7H2,1-2H3,(H2,15,17,19). The number of aromatic nitrogens is 1. The van der Waals surface area contributed by atoms with E-state index in [1.807, 2.05) is 18.4 Å². The molecule has 3 N–H and O–H groups in total. The van der Waals surface area contributed by atoms with Crippen molar-refractivity contribution in [1.82, 2.24) is 10.3 Å². The van der Waals surface area contributed by atoms with Crippen LogP contribution >= 0.6 is 11.3 Å². The molecule has 0 saturated carbocycles. The van der Waals surface area contributed by atoms with Gasteiger partial charge < -0.3 is 15.7 Å². The SMILES string of the molecule is Cc1csc(CNC(=O)Nc2cccc(C(C)O)c2)n1. The molecule has 1 unspecified atom stereocenters. The van der Waals surface area contributed by atoms with Crippen LogP contribution in [0.15, 0.2) is 29.6 Å². The van der Waals surface area contributed by atoms with Gasteiger partial charge >= 0.3 is 6.03 Å². The summed E-state index contributed by atoms with van der Waals surface area (Å²) in [7, 11) is 0. The van der Waals surface area contributed by atoms with Gasteiger partial charge in [0.1, 0.15) is 5.01 Å². The van der Waals surface area contributed by atoms with Crippen LogP contribution in [0, 0.1) is 6.92 Å². The summed E-state index contributed by atoms with van der Waals surface area (Å²) in [6.07, 6.45) is -0.557. The highest BCUT2D eigenvalue weighted by atomic mass is 32.1. The van der Waals surface area contributed by atoms with Crippen molar-refractivity contribution < 1.29 is 9.90 Å². The molecule has 0 aliphatic heterocycles. The lowest BCUT2D eigenvalue weighted by Gasteiger charge is -2.09. The number of nitrogens with zero attached hydrogens (tertiary/aromatic N) is 1. The normalized spacial score (nSPS) is 11.9. The van der Waals surface area contributed by atoms with Gasteiger partial charge in [0.15, 0.2) is 0 Å². The molecule has 2 rings (SSSR count). The van der Waals surface area contributed by atoms with Crippen molar-refractivity contribution in [2.24, 2.45) is 0 Å². The zero-order valence-electron chi connectivity index (χ0n) is 11.4. The Morgan fingerprint density at radius 1 is 1.50 bits per heavy atom. The first kappa shape index (κ1) is 14.5. The fourth-order valence-electron chi connectivity index (χ4n) is 1.69. The van der Waals surface area contributed by atoms with Crippen LogP contribution in [0.1, 0.15) is 29.3 Å². The first-order chi connectivity index (χ1) is 9.54. The molecule has 0 aliphatic rings. The van der Waals surface area contributed by atoms with Crippen LogP contribution in [0.2, 0.25) is 0 Å². The van der Waals surface area contributed by atoms with Crippen molar-refractivity contribution in [3.8, 4) is 0 Å². The van der Waals surface area contributed by atoms with Crippen LogP contribution in [0.3, 0.4) is 0 Å². The van der Waals surface area contributed by atoms with Crippen molar-refractivity contribution in [2.75, 3.05) is 5.32 Å². The van der Waals surface area contributed by atoms with E-state index >= 15 is 0 Å². The molecular formula is C14H17N3O2S. The molecule has 20 heavy (non-hydrogen) atoms. The highest BCUT2D eigenvalue weighted by molar-refractivity contribution is 7.09. The predicted octanol–water partition coefficient (Wildman–Crippen LogP) is 2.83. The summed E-state index contributed by atoms with van der Waals surface area (Å²) in [4.78, 5) is 16.0. The Hall–Kier alpha value is -1.92. The third-order valence-corrected chi connectivity index (χ3v) is 3.66. The molecule has 0 radical (unpaired) electrons. The highest BCUT2D eigenvalue weighted by Gasteiger charge is 2.06. The molecule has 0 spiro atoms. The quantitative estimate of drug-likeness (QED) is 0.811. The largest absolute Gasteiger partial charge is 0.389 e. The van der Waals surface area contributed by atoms with Gasteiger partial charge in [0, 0.05) is 16.8 Å². The van der Waals surface area contributed by atoms with Crippen molar-refractivity contribution in [2.45, 2.75) is 26.5 Å². The summed E-state index contributed by atoms with van der Waals surface area (Å²) in [6, 6.07) is 6.84. The zero-order valence-corrected chi connectivity index (χ0v) is 12.2. The van der Waals surface area contributed by atoms with E-state index in [4.69, 9.17) is 0 Å². The van der Waals surface area contributed by atoms with Gasteiger partial charge in [0.05, 0.1) is 12.6 Å². The summed E-state index contributed by atoms with van der Waals surface area (Å²) >= 11 is 1.52. The van der Waals surface area contributed by atoms with Crippen LogP contribution in [0.5, 0.6) is 0 Å². The average molecular weight is 291 g/mol. The van der Waals surface area contributed by atoms with E-state index in [1.54, 1.807) is 25.1 Å². The van der Waals surface area contributed by atoms with Crippen LogP contribution in [0.25, 0.3) is 0 Å². The molecule has 0 aliphatic carbocycles. The molecule has 6 heteroatoms. The summed E-state index contributed by atoms with van der Waals surface area (Å²) < 4.78 is 0. The molecule has 2 amide bonds. The van der Waals surface area contributed by atoms with Gasteiger partial charge in [-0.05, 0) is 31.5 Å². The van der Waals surface area contributed by atoms with Gasteiger partial charge in [-0.15, -0.1) is 11.3 Å². The average Bonchev–Trinajstić information content (AvgIpc) is 2.82. The lowest BCUT2D eigenvalue weighted by Crippen LogP contribution is -2.28. The highest BCUT2D eigenvalue weighted by Crippen LogP contribution is 2.16. The topological polar surface area (TPSA) is 74.2 Å². The molecule has 0 fully saturated rings. The van der Waals surface area contributed by atoms with Crippen LogP contribution in [-0.4, -0.2) is 16.1 Å². The number of aliphatic hydroxyl groups is 1. The molecule has 0 bridgehead atoms.